The zero-order valence-electron chi connectivity index (χ0n) is 15.9. The highest BCUT2D eigenvalue weighted by Gasteiger charge is 2.14. The molecule has 0 fully saturated rings. The van der Waals surface area contributed by atoms with Crippen LogP contribution in [-0.4, -0.2) is 14.8 Å². The Bertz CT molecular complexity index is 1020. The number of hydrogen-bond acceptors (Lipinski definition) is 1. The molecule has 136 valence electrons. The molecule has 0 spiro atoms. The second-order valence-corrected chi connectivity index (χ2v) is 6.97. The van der Waals surface area contributed by atoms with E-state index in [0.717, 1.165) is 30.6 Å². The van der Waals surface area contributed by atoms with Crippen LogP contribution in [0.3, 0.4) is 0 Å². The summed E-state index contributed by atoms with van der Waals surface area (Å²) in [7, 11) is 0. The second kappa shape index (κ2) is 7.67. The van der Waals surface area contributed by atoms with E-state index in [-0.39, 0.29) is 0 Å². The van der Waals surface area contributed by atoms with Crippen molar-refractivity contribution in [2.45, 2.75) is 33.2 Å². The SMILES string of the molecule is CCn1cc(-c2[nH]ncc2-c2ccccc2C)cc1CCc1ccccc1. The average Bonchev–Trinajstić information content (AvgIpc) is 3.34. The first-order chi connectivity index (χ1) is 13.3. The number of aryl methyl sites for hydroxylation is 4. The van der Waals surface area contributed by atoms with Crippen LogP contribution >= 0.6 is 0 Å². The fourth-order valence-corrected chi connectivity index (χ4v) is 3.70. The van der Waals surface area contributed by atoms with Crippen molar-refractivity contribution < 1.29 is 0 Å². The molecule has 2 heterocycles. The summed E-state index contributed by atoms with van der Waals surface area (Å²) >= 11 is 0. The van der Waals surface area contributed by atoms with E-state index < -0.39 is 0 Å². The molecule has 3 heteroatoms. The van der Waals surface area contributed by atoms with Crippen LogP contribution in [0.5, 0.6) is 0 Å². The van der Waals surface area contributed by atoms with E-state index in [2.05, 4.69) is 95.5 Å². The summed E-state index contributed by atoms with van der Waals surface area (Å²) < 4.78 is 2.35. The Hall–Kier alpha value is -3.07. The molecule has 0 atom stereocenters. The van der Waals surface area contributed by atoms with Gasteiger partial charge in [-0.1, -0.05) is 54.6 Å². The first-order valence-electron chi connectivity index (χ1n) is 9.59. The molecular weight excluding hydrogens is 330 g/mol. The first-order valence-corrected chi connectivity index (χ1v) is 9.59. The van der Waals surface area contributed by atoms with E-state index in [0.29, 0.717) is 0 Å². The van der Waals surface area contributed by atoms with Crippen LogP contribution in [0.25, 0.3) is 22.4 Å². The molecule has 0 bridgehead atoms. The van der Waals surface area contributed by atoms with Crippen LogP contribution in [0, 0.1) is 6.92 Å². The lowest BCUT2D eigenvalue weighted by Crippen LogP contribution is -2.00. The second-order valence-electron chi connectivity index (χ2n) is 6.97. The third-order valence-corrected chi connectivity index (χ3v) is 5.20. The number of aromatic amines is 1. The fraction of sp³-hybridized carbons (Fsp3) is 0.208. The van der Waals surface area contributed by atoms with Crippen molar-refractivity contribution in [3.8, 4) is 22.4 Å². The van der Waals surface area contributed by atoms with Crippen molar-refractivity contribution in [2.75, 3.05) is 0 Å². The van der Waals surface area contributed by atoms with E-state index in [1.54, 1.807) is 0 Å². The number of nitrogens with zero attached hydrogens (tertiary/aromatic N) is 2. The maximum Gasteiger partial charge on any atom is 0.0744 e. The fourth-order valence-electron chi connectivity index (χ4n) is 3.70. The van der Waals surface area contributed by atoms with E-state index in [9.17, 15) is 0 Å². The van der Waals surface area contributed by atoms with Gasteiger partial charge in [0.05, 0.1) is 11.9 Å². The summed E-state index contributed by atoms with van der Waals surface area (Å²) in [6.07, 6.45) is 6.27. The minimum Gasteiger partial charge on any atom is -0.351 e. The maximum atomic E-state index is 4.34. The minimum absolute atomic E-state index is 0.970. The lowest BCUT2D eigenvalue weighted by atomic mass is 9.99. The summed E-state index contributed by atoms with van der Waals surface area (Å²) in [6.45, 7) is 5.32. The Kier molecular flexibility index (Phi) is 4.93. The van der Waals surface area contributed by atoms with Crippen LogP contribution in [0.15, 0.2) is 73.1 Å². The topological polar surface area (TPSA) is 33.6 Å². The van der Waals surface area contributed by atoms with Crippen molar-refractivity contribution >= 4 is 0 Å². The lowest BCUT2D eigenvalue weighted by molar-refractivity contribution is 0.707. The number of H-pyrrole nitrogens is 1. The normalized spacial score (nSPS) is 11.0. The predicted octanol–water partition coefficient (Wildman–Crippen LogP) is 5.66. The summed E-state index contributed by atoms with van der Waals surface area (Å²) in [5.41, 5.74) is 8.70. The van der Waals surface area contributed by atoms with Gasteiger partial charge in [0.15, 0.2) is 0 Å². The molecule has 1 N–H and O–H groups in total. The van der Waals surface area contributed by atoms with E-state index >= 15 is 0 Å². The van der Waals surface area contributed by atoms with Gasteiger partial charge >= 0.3 is 0 Å². The molecule has 0 aliphatic heterocycles. The zero-order chi connectivity index (χ0) is 18.6. The number of rotatable bonds is 6. The summed E-state index contributed by atoms with van der Waals surface area (Å²) in [4.78, 5) is 0. The summed E-state index contributed by atoms with van der Waals surface area (Å²) in [5.74, 6) is 0. The Labute approximate surface area is 160 Å². The van der Waals surface area contributed by atoms with E-state index in [1.165, 1.54) is 27.9 Å². The number of nitrogens with one attached hydrogen (secondary N) is 1. The lowest BCUT2D eigenvalue weighted by Gasteiger charge is -2.06. The Balaban J connectivity index is 1.65. The third kappa shape index (κ3) is 3.59. The molecule has 27 heavy (non-hydrogen) atoms. The van der Waals surface area contributed by atoms with Crippen LogP contribution in [0.2, 0.25) is 0 Å². The van der Waals surface area contributed by atoms with Gasteiger partial charge in [-0.2, -0.15) is 5.10 Å². The van der Waals surface area contributed by atoms with Crippen molar-refractivity contribution in [3.05, 3.63) is 89.9 Å². The van der Waals surface area contributed by atoms with Gasteiger partial charge in [0, 0.05) is 29.6 Å². The largest absolute Gasteiger partial charge is 0.351 e. The van der Waals surface area contributed by atoms with Crippen LogP contribution in [0.1, 0.15) is 23.7 Å². The van der Waals surface area contributed by atoms with Gasteiger partial charge in [-0.05, 0) is 49.4 Å². The molecule has 0 saturated heterocycles. The van der Waals surface area contributed by atoms with Crippen LogP contribution in [0.4, 0.5) is 0 Å². The molecule has 0 saturated carbocycles. The van der Waals surface area contributed by atoms with Crippen LogP contribution < -0.4 is 0 Å². The van der Waals surface area contributed by atoms with Crippen LogP contribution in [-0.2, 0) is 19.4 Å². The Morgan fingerprint density at radius 1 is 0.926 bits per heavy atom. The van der Waals surface area contributed by atoms with Crippen molar-refractivity contribution in [2.24, 2.45) is 0 Å². The molecule has 4 aromatic rings. The number of aromatic nitrogens is 3. The molecule has 3 nitrogen and oxygen atoms in total. The number of hydrogen-bond donors (Lipinski definition) is 1. The summed E-state index contributed by atoms with van der Waals surface area (Å²) in [5, 5.41) is 7.56. The standard InChI is InChI=1S/C24H25N3/c1-3-27-17-20(15-21(27)14-13-19-10-5-4-6-11-19)24-23(16-25-26-24)22-12-8-7-9-18(22)2/h4-12,15-17H,3,13-14H2,1-2H3,(H,25,26). The highest BCUT2D eigenvalue weighted by molar-refractivity contribution is 5.81. The molecule has 0 unspecified atom stereocenters. The molecule has 4 rings (SSSR count). The zero-order valence-corrected chi connectivity index (χ0v) is 15.9. The molecule has 0 aliphatic rings. The smallest absolute Gasteiger partial charge is 0.0744 e. The average molecular weight is 355 g/mol. The van der Waals surface area contributed by atoms with Gasteiger partial charge in [0.1, 0.15) is 0 Å². The first kappa shape index (κ1) is 17.3. The Morgan fingerprint density at radius 3 is 2.48 bits per heavy atom. The summed E-state index contributed by atoms with van der Waals surface area (Å²) in [6, 6.07) is 21.5. The number of benzene rings is 2. The molecular formula is C24H25N3. The Morgan fingerprint density at radius 2 is 1.70 bits per heavy atom. The van der Waals surface area contributed by atoms with E-state index in [1.807, 2.05) is 6.20 Å². The monoisotopic (exact) mass is 355 g/mol. The van der Waals surface area contributed by atoms with Gasteiger partial charge < -0.3 is 4.57 Å². The van der Waals surface area contributed by atoms with Gasteiger partial charge in [0.25, 0.3) is 0 Å². The van der Waals surface area contributed by atoms with Gasteiger partial charge in [-0.25, -0.2) is 0 Å². The molecule has 0 amide bonds. The van der Waals surface area contributed by atoms with Crippen molar-refractivity contribution in [1.29, 1.82) is 0 Å². The van der Waals surface area contributed by atoms with Gasteiger partial charge in [-0.15, -0.1) is 0 Å². The minimum atomic E-state index is 0.970. The maximum absolute atomic E-state index is 4.34. The van der Waals surface area contributed by atoms with E-state index in [4.69, 9.17) is 0 Å². The van der Waals surface area contributed by atoms with Gasteiger partial charge in [0.2, 0.25) is 0 Å². The third-order valence-electron chi connectivity index (χ3n) is 5.20. The van der Waals surface area contributed by atoms with Crippen molar-refractivity contribution in [1.82, 2.24) is 14.8 Å². The van der Waals surface area contributed by atoms with Gasteiger partial charge in [-0.3, -0.25) is 5.10 Å². The molecule has 2 aromatic heterocycles. The molecule has 0 radical (unpaired) electrons. The predicted molar refractivity (Wildman–Crippen MR) is 112 cm³/mol. The molecule has 2 aromatic carbocycles. The molecule has 0 aliphatic carbocycles. The highest BCUT2D eigenvalue weighted by Crippen LogP contribution is 2.33. The highest BCUT2D eigenvalue weighted by atomic mass is 15.1. The quantitative estimate of drug-likeness (QED) is 0.476. The van der Waals surface area contributed by atoms with Crippen molar-refractivity contribution in [3.63, 3.8) is 0 Å².